The summed E-state index contributed by atoms with van der Waals surface area (Å²) < 4.78 is 0. The Labute approximate surface area is 124 Å². The molecule has 3 atom stereocenters. The van der Waals surface area contributed by atoms with Crippen molar-refractivity contribution in [1.82, 2.24) is 5.43 Å². The van der Waals surface area contributed by atoms with Crippen LogP contribution < -0.4 is 11.3 Å². The van der Waals surface area contributed by atoms with Crippen LogP contribution in [0.2, 0.25) is 0 Å². The summed E-state index contributed by atoms with van der Waals surface area (Å²) in [5.41, 5.74) is 4.57. The van der Waals surface area contributed by atoms with Crippen LogP contribution in [0, 0.1) is 17.8 Å². The predicted octanol–water partition coefficient (Wildman–Crippen LogP) is 3.87. The molecule has 0 aromatic heterocycles. The zero-order chi connectivity index (χ0) is 14.8. The van der Waals surface area contributed by atoms with Gasteiger partial charge in [-0.1, -0.05) is 58.0 Å². The van der Waals surface area contributed by atoms with E-state index in [1.54, 1.807) is 0 Å². The summed E-state index contributed by atoms with van der Waals surface area (Å²) in [5, 5.41) is 0. The molecule has 1 aliphatic rings. The Morgan fingerprint density at radius 1 is 1.05 bits per heavy atom. The van der Waals surface area contributed by atoms with Crippen LogP contribution in [-0.2, 0) is 5.41 Å². The molecule has 2 rings (SSSR count). The van der Waals surface area contributed by atoms with E-state index in [0.717, 1.165) is 11.8 Å². The predicted molar refractivity (Wildman–Crippen MR) is 86.2 cm³/mol. The molecule has 1 aliphatic carbocycles. The van der Waals surface area contributed by atoms with E-state index in [0.29, 0.717) is 12.0 Å². The number of hydrazine groups is 1. The number of nitrogens with two attached hydrogens (primary N) is 1. The molecule has 2 heteroatoms. The van der Waals surface area contributed by atoms with Gasteiger partial charge in [0, 0.05) is 11.5 Å². The third-order valence-electron chi connectivity index (χ3n) is 5.16. The van der Waals surface area contributed by atoms with Crippen LogP contribution in [0.25, 0.3) is 0 Å². The Balaban J connectivity index is 2.22. The number of hydrogen-bond donors (Lipinski definition) is 2. The number of rotatable bonds is 4. The standard InChI is InChI=1S/C18H30N2/c1-13-10-14(2)12-15(11-13)17(20-19)18(3,4)16-8-6-5-7-9-16/h5-9,13-15,17,20H,10-12,19H2,1-4H3. The van der Waals surface area contributed by atoms with E-state index < -0.39 is 0 Å². The molecule has 0 heterocycles. The lowest BCUT2D eigenvalue weighted by Gasteiger charge is -2.44. The smallest absolute Gasteiger partial charge is 0.0330 e. The fraction of sp³-hybridized carbons (Fsp3) is 0.667. The van der Waals surface area contributed by atoms with Crippen LogP contribution in [0.3, 0.4) is 0 Å². The molecule has 0 amide bonds. The first-order valence-corrected chi connectivity index (χ1v) is 7.96. The first-order valence-electron chi connectivity index (χ1n) is 7.96. The molecule has 1 aromatic rings. The van der Waals surface area contributed by atoms with E-state index in [1.807, 2.05) is 0 Å². The van der Waals surface area contributed by atoms with Gasteiger partial charge in [-0.15, -0.1) is 0 Å². The van der Waals surface area contributed by atoms with Crippen molar-refractivity contribution in [2.24, 2.45) is 23.6 Å². The number of hydrogen-bond acceptors (Lipinski definition) is 2. The Bertz CT molecular complexity index is 403. The second-order valence-corrected chi connectivity index (χ2v) is 7.41. The lowest BCUT2D eigenvalue weighted by Crippen LogP contribution is -2.54. The van der Waals surface area contributed by atoms with E-state index in [9.17, 15) is 0 Å². The van der Waals surface area contributed by atoms with Crippen molar-refractivity contribution < 1.29 is 0 Å². The molecule has 1 fully saturated rings. The van der Waals surface area contributed by atoms with Gasteiger partial charge in [-0.3, -0.25) is 11.3 Å². The minimum absolute atomic E-state index is 0.0530. The molecule has 112 valence electrons. The van der Waals surface area contributed by atoms with Gasteiger partial charge in [0.15, 0.2) is 0 Å². The highest BCUT2D eigenvalue weighted by Gasteiger charge is 2.39. The van der Waals surface area contributed by atoms with Crippen molar-refractivity contribution in [1.29, 1.82) is 0 Å². The molecule has 20 heavy (non-hydrogen) atoms. The molecule has 0 radical (unpaired) electrons. The highest BCUT2D eigenvalue weighted by atomic mass is 15.2. The monoisotopic (exact) mass is 274 g/mol. The molecule has 0 spiro atoms. The molecule has 3 N–H and O–H groups in total. The summed E-state index contributed by atoms with van der Waals surface area (Å²) in [5.74, 6) is 8.25. The van der Waals surface area contributed by atoms with Gasteiger partial charge in [0.2, 0.25) is 0 Å². The van der Waals surface area contributed by atoms with Crippen LogP contribution in [-0.4, -0.2) is 6.04 Å². The second kappa shape index (κ2) is 6.28. The van der Waals surface area contributed by atoms with Crippen LogP contribution in [0.15, 0.2) is 30.3 Å². The fourth-order valence-corrected chi connectivity index (χ4v) is 4.26. The largest absolute Gasteiger partial charge is 0.271 e. The van der Waals surface area contributed by atoms with Crippen LogP contribution in [0.1, 0.15) is 52.5 Å². The van der Waals surface area contributed by atoms with Gasteiger partial charge >= 0.3 is 0 Å². The quantitative estimate of drug-likeness (QED) is 0.646. The van der Waals surface area contributed by atoms with Gasteiger partial charge in [0.05, 0.1) is 0 Å². The highest BCUT2D eigenvalue weighted by Crippen LogP contribution is 2.40. The maximum Gasteiger partial charge on any atom is 0.0330 e. The Morgan fingerprint density at radius 3 is 2.10 bits per heavy atom. The van der Waals surface area contributed by atoms with Crippen molar-refractivity contribution in [2.75, 3.05) is 0 Å². The molecule has 2 nitrogen and oxygen atoms in total. The van der Waals surface area contributed by atoms with E-state index in [2.05, 4.69) is 63.5 Å². The van der Waals surface area contributed by atoms with Gasteiger partial charge in [-0.25, -0.2) is 0 Å². The zero-order valence-electron chi connectivity index (χ0n) is 13.4. The summed E-state index contributed by atoms with van der Waals surface area (Å²) in [6.07, 6.45) is 3.94. The summed E-state index contributed by atoms with van der Waals surface area (Å²) in [6, 6.07) is 11.1. The van der Waals surface area contributed by atoms with Crippen LogP contribution in [0.5, 0.6) is 0 Å². The first-order chi connectivity index (χ1) is 9.45. The van der Waals surface area contributed by atoms with Crippen molar-refractivity contribution in [3.8, 4) is 0 Å². The summed E-state index contributed by atoms with van der Waals surface area (Å²) in [6.45, 7) is 9.39. The fourth-order valence-electron chi connectivity index (χ4n) is 4.26. The van der Waals surface area contributed by atoms with Crippen molar-refractivity contribution >= 4 is 0 Å². The maximum absolute atomic E-state index is 5.97. The number of nitrogens with one attached hydrogen (secondary N) is 1. The van der Waals surface area contributed by atoms with E-state index in [1.165, 1.54) is 24.8 Å². The minimum Gasteiger partial charge on any atom is -0.271 e. The maximum atomic E-state index is 5.97. The van der Waals surface area contributed by atoms with Crippen molar-refractivity contribution in [3.05, 3.63) is 35.9 Å². The molecule has 1 saturated carbocycles. The lowest BCUT2D eigenvalue weighted by molar-refractivity contribution is 0.138. The third-order valence-corrected chi connectivity index (χ3v) is 5.16. The SMILES string of the molecule is CC1CC(C)CC(C(NN)C(C)(C)c2ccccc2)C1. The lowest BCUT2D eigenvalue weighted by atomic mass is 9.65. The van der Waals surface area contributed by atoms with Gasteiger partial charge < -0.3 is 0 Å². The normalized spacial score (nSPS) is 29.1. The number of benzene rings is 1. The molecule has 0 aliphatic heterocycles. The summed E-state index contributed by atoms with van der Waals surface area (Å²) in [7, 11) is 0. The minimum atomic E-state index is 0.0530. The zero-order valence-corrected chi connectivity index (χ0v) is 13.4. The Morgan fingerprint density at radius 2 is 1.60 bits per heavy atom. The average Bonchev–Trinajstić information content (AvgIpc) is 2.39. The molecule has 0 saturated heterocycles. The molecule has 3 unspecified atom stereocenters. The van der Waals surface area contributed by atoms with Gasteiger partial charge in [-0.2, -0.15) is 0 Å². The summed E-state index contributed by atoms with van der Waals surface area (Å²) >= 11 is 0. The first kappa shape index (κ1) is 15.5. The van der Waals surface area contributed by atoms with Crippen LogP contribution in [0.4, 0.5) is 0 Å². The van der Waals surface area contributed by atoms with Crippen molar-refractivity contribution in [2.45, 2.75) is 58.4 Å². The molecular formula is C18H30N2. The molecule has 0 bridgehead atoms. The molecule has 1 aromatic carbocycles. The van der Waals surface area contributed by atoms with E-state index in [-0.39, 0.29) is 5.41 Å². The van der Waals surface area contributed by atoms with Crippen LogP contribution >= 0.6 is 0 Å². The molecular weight excluding hydrogens is 244 g/mol. The highest BCUT2D eigenvalue weighted by molar-refractivity contribution is 5.26. The van der Waals surface area contributed by atoms with E-state index in [4.69, 9.17) is 5.84 Å². The van der Waals surface area contributed by atoms with Gasteiger partial charge in [-0.05, 0) is 42.6 Å². The van der Waals surface area contributed by atoms with Crippen molar-refractivity contribution in [3.63, 3.8) is 0 Å². The van der Waals surface area contributed by atoms with E-state index >= 15 is 0 Å². The summed E-state index contributed by atoms with van der Waals surface area (Å²) in [4.78, 5) is 0. The Hall–Kier alpha value is -0.860. The second-order valence-electron chi connectivity index (χ2n) is 7.41. The van der Waals surface area contributed by atoms with Gasteiger partial charge in [0.1, 0.15) is 0 Å². The third kappa shape index (κ3) is 3.24. The Kier molecular flexibility index (Phi) is 4.87. The topological polar surface area (TPSA) is 38.0 Å². The van der Waals surface area contributed by atoms with Gasteiger partial charge in [0.25, 0.3) is 0 Å². The average molecular weight is 274 g/mol.